The van der Waals surface area contributed by atoms with Gasteiger partial charge in [0, 0.05) is 27.9 Å². The number of benzene rings is 8. The number of nitrogens with two attached hydrogens (primary N) is 3. The van der Waals surface area contributed by atoms with E-state index in [-0.39, 0.29) is 41.1 Å². The number of urea groups is 1. The first kappa shape index (κ1) is 66.3. The molecule has 8 aromatic carbocycles. The number of para-hydroxylation sites is 1. The van der Waals surface area contributed by atoms with Crippen LogP contribution in [0.2, 0.25) is 0 Å². The Morgan fingerprint density at radius 1 is 0.362 bits per heavy atom. The lowest BCUT2D eigenvalue weighted by atomic mass is 9.90. The van der Waals surface area contributed by atoms with Crippen LogP contribution in [0.1, 0.15) is 96.4 Å². The van der Waals surface area contributed by atoms with Crippen LogP contribution >= 0.6 is 0 Å². The molecule has 4 heterocycles. The zero-order valence-corrected chi connectivity index (χ0v) is 53.0. The van der Waals surface area contributed by atoms with E-state index in [4.69, 9.17) is 31.4 Å². The number of ketones is 4. The van der Waals surface area contributed by atoms with Crippen molar-refractivity contribution >= 4 is 69.8 Å². The zero-order chi connectivity index (χ0) is 66.8. The van der Waals surface area contributed by atoms with Crippen molar-refractivity contribution in [2.75, 3.05) is 21.3 Å². The third kappa shape index (κ3) is 15.9. The van der Waals surface area contributed by atoms with Gasteiger partial charge in [-0.05, 0) is 97.0 Å². The quantitative estimate of drug-likeness (QED) is 0.0474. The molecule has 476 valence electrons. The molecule has 4 atom stereocenters. The molecule has 12 rings (SSSR count). The van der Waals surface area contributed by atoms with Gasteiger partial charge in [0.25, 0.3) is 0 Å². The smallest absolute Gasteiger partial charge is 0.320 e. The first-order valence-electron chi connectivity index (χ1n) is 30.0. The molecule has 11 N–H and O–H groups in total. The molecule has 94 heavy (non-hydrogen) atoms. The van der Waals surface area contributed by atoms with Gasteiger partial charge in [-0.2, -0.15) is 0 Å². The standard InChI is InChI=1S/3C19H19N3O2.C18H16N2O2/c1-12(23)16-17(13-8-4-3-5-9-13)21-19(20)22-18(16)14-10-6-7-11-15(14)24-2;1-12(23)16-17(13-7-4-3-5-8-13)21-19(20)22-18(16)14-9-6-10-15(11-14)24-2;1-12(23)16-17(13-6-4-3-5-7-13)21-19(20)22-18(16)14-8-10-15(24-2)11-9-14;1-12(21)15-16(13-8-4-2-5-9-13)19-18(22)20-17(15)14-10-6-3-7-11-14/h3*3-11,18H,1-2H3,(H3,20,21,22);2-11,16H,1H3,(H2,19,20,22). The minimum atomic E-state index is -0.505. The molecule has 0 saturated heterocycles. The van der Waals surface area contributed by atoms with Crippen LogP contribution in [0.15, 0.2) is 262 Å². The summed E-state index contributed by atoms with van der Waals surface area (Å²) < 4.78 is 15.9. The van der Waals surface area contributed by atoms with Gasteiger partial charge in [-0.25, -0.2) is 19.8 Å². The summed E-state index contributed by atoms with van der Waals surface area (Å²) in [5.41, 5.74) is 29.9. The number of carbonyl (C=O) groups excluding carboxylic acids is 5. The highest BCUT2D eigenvalue weighted by Gasteiger charge is 2.34. The number of ether oxygens (including phenoxy) is 3. The first-order chi connectivity index (χ1) is 45.5. The van der Waals surface area contributed by atoms with Crippen LogP contribution in [-0.4, -0.2) is 68.4 Å². The number of aliphatic imine (C=N–C) groups is 3. The average molecular weight is 1260 g/mol. The monoisotopic (exact) mass is 1260 g/mol. The number of nitrogens with zero attached hydrogens (tertiary/aromatic N) is 3. The number of rotatable bonds is 15. The van der Waals surface area contributed by atoms with Crippen molar-refractivity contribution in [2.45, 2.75) is 51.9 Å². The Morgan fingerprint density at radius 3 is 1.14 bits per heavy atom. The fourth-order valence-corrected chi connectivity index (χ4v) is 11.2. The van der Waals surface area contributed by atoms with Gasteiger partial charge in [0.05, 0.1) is 50.2 Å². The lowest BCUT2D eigenvalue weighted by Crippen LogP contribution is -2.44. The van der Waals surface area contributed by atoms with Crippen molar-refractivity contribution < 1.29 is 38.2 Å². The number of hydrogen-bond donors (Lipinski definition) is 8. The van der Waals surface area contributed by atoms with E-state index in [0.717, 1.165) is 50.3 Å². The molecular formula is C75H73N11O8. The summed E-state index contributed by atoms with van der Waals surface area (Å²) in [7, 11) is 4.82. The van der Waals surface area contributed by atoms with Gasteiger partial charge in [-0.1, -0.05) is 194 Å². The molecule has 0 spiro atoms. The molecule has 8 aromatic rings. The molecule has 19 heteroatoms. The summed E-state index contributed by atoms with van der Waals surface area (Å²) in [5.74, 6) is 2.76. The number of amides is 2. The molecule has 19 nitrogen and oxygen atoms in total. The largest absolute Gasteiger partial charge is 0.497 e. The Kier molecular flexibility index (Phi) is 21.9. The summed E-state index contributed by atoms with van der Waals surface area (Å²) in [6, 6.07) is 68.2. The second kappa shape index (κ2) is 31.1. The van der Waals surface area contributed by atoms with Gasteiger partial charge in [0.15, 0.2) is 41.0 Å². The maximum absolute atomic E-state index is 12.4. The molecule has 4 aliphatic rings. The van der Waals surface area contributed by atoms with Crippen molar-refractivity contribution in [2.24, 2.45) is 32.2 Å². The third-order valence-electron chi connectivity index (χ3n) is 15.4. The van der Waals surface area contributed by atoms with Crippen LogP contribution in [0.4, 0.5) is 4.79 Å². The molecule has 0 aliphatic carbocycles. The Morgan fingerprint density at radius 2 is 0.723 bits per heavy atom. The van der Waals surface area contributed by atoms with Crippen molar-refractivity contribution in [3.8, 4) is 17.2 Å². The van der Waals surface area contributed by atoms with E-state index in [1.807, 2.05) is 224 Å². The molecular weight excluding hydrogens is 1180 g/mol. The van der Waals surface area contributed by atoms with Crippen LogP contribution in [0.25, 0.3) is 22.8 Å². The maximum atomic E-state index is 12.4. The van der Waals surface area contributed by atoms with Crippen molar-refractivity contribution in [3.05, 3.63) is 291 Å². The molecule has 4 aliphatic heterocycles. The molecule has 4 unspecified atom stereocenters. The summed E-state index contributed by atoms with van der Waals surface area (Å²) in [6.07, 6.45) is 0. The second-order valence-corrected chi connectivity index (χ2v) is 21.7. The van der Waals surface area contributed by atoms with Crippen LogP contribution in [0.3, 0.4) is 0 Å². The lowest BCUT2D eigenvalue weighted by molar-refractivity contribution is -0.114. The van der Waals surface area contributed by atoms with Gasteiger partial charge < -0.3 is 58.0 Å². The van der Waals surface area contributed by atoms with Crippen molar-refractivity contribution in [1.82, 2.24) is 26.6 Å². The Bertz CT molecular complexity index is 4300. The van der Waals surface area contributed by atoms with Gasteiger partial charge in [-0.3, -0.25) is 19.2 Å². The number of hydrogen-bond acceptors (Lipinski definition) is 17. The summed E-state index contributed by atoms with van der Waals surface area (Å²) in [6.45, 7) is 6.16. The van der Waals surface area contributed by atoms with Crippen LogP contribution in [0, 0.1) is 0 Å². The van der Waals surface area contributed by atoms with E-state index < -0.39 is 24.2 Å². The Balaban J connectivity index is 0.000000148. The van der Waals surface area contributed by atoms with Crippen LogP contribution in [-0.2, 0) is 19.2 Å². The van der Waals surface area contributed by atoms with Crippen molar-refractivity contribution in [1.29, 1.82) is 0 Å². The topological polar surface area (TPSA) is 288 Å². The van der Waals surface area contributed by atoms with Crippen molar-refractivity contribution in [3.63, 3.8) is 0 Å². The number of carbonyl (C=O) groups is 5. The highest BCUT2D eigenvalue weighted by Crippen LogP contribution is 2.40. The number of nitrogens with one attached hydrogen (secondary N) is 5. The van der Waals surface area contributed by atoms with Crippen LogP contribution in [0.5, 0.6) is 17.2 Å². The molecule has 2 amide bonds. The third-order valence-corrected chi connectivity index (χ3v) is 15.4. The maximum Gasteiger partial charge on any atom is 0.320 e. The fourth-order valence-electron chi connectivity index (χ4n) is 11.2. The SMILES string of the molecule is CC(=O)C1=C(c2ccccc2)NC(=O)NC1c1ccccc1.COc1ccc(C2N=C(N)NC(c3ccccc3)=C2C(C)=O)cc1.COc1cccc(C2N=C(N)NC(c3ccccc3)=C2C(C)=O)c1.COc1ccccc1C1N=C(N)NC(c2ccccc2)=C1C(C)=O. The summed E-state index contributed by atoms with van der Waals surface area (Å²) in [5, 5.41) is 14.8. The van der Waals surface area contributed by atoms with Gasteiger partial charge in [0.1, 0.15) is 35.4 Å². The van der Waals surface area contributed by atoms with E-state index in [0.29, 0.717) is 62.5 Å². The van der Waals surface area contributed by atoms with E-state index in [2.05, 4.69) is 41.6 Å². The highest BCUT2D eigenvalue weighted by molar-refractivity contribution is 6.10. The summed E-state index contributed by atoms with van der Waals surface area (Å²) >= 11 is 0. The molecule has 0 fully saturated rings. The highest BCUT2D eigenvalue weighted by atomic mass is 16.5. The lowest BCUT2D eigenvalue weighted by Gasteiger charge is -2.29. The van der Waals surface area contributed by atoms with Gasteiger partial charge in [-0.15, -0.1) is 0 Å². The number of guanidine groups is 3. The predicted octanol–water partition coefficient (Wildman–Crippen LogP) is 11.0. The van der Waals surface area contributed by atoms with Crippen LogP contribution < -0.4 is 58.0 Å². The normalized spacial score (nSPS) is 17.2. The minimum absolute atomic E-state index is 0.0431. The predicted molar refractivity (Wildman–Crippen MR) is 369 cm³/mol. The average Bonchev–Trinajstić information content (AvgIpc) is 0.813. The minimum Gasteiger partial charge on any atom is -0.497 e. The van der Waals surface area contributed by atoms with E-state index >= 15 is 0 Å². The molecule has 0 aromatic heterocycles. The molecule has 0 bridgehead atoms. The summed E-state index contributed by atoms with van der Waals surface area (Å²) in [4.78, 5) is 74.8. The number of methoxy groups -OCH3 is 3. The van der Waals surface area contributed by atoms with E-state index in [1.54, 1.807) is 42.1 Å². The number of Topliss-reactive ketones (excluding diaryl/α,β-unsaturated/α-hetero) is 4. The van der Waals surface area contributed by atoms with E-state index in [9.17, 15) is 24.0 Å². The Hall–Kier alpha value is -12.1. The fraction of sp³-hybridized carbons (Fsp3) is 0.147. The van der Waals surface area contributed by atoms with Gasteiger partial charge >= 0.3 is 6.03 Å². The van der Waals surface area contributed by atoms with Gasteiger partial charge in [0.2, 0.25) is 0 Å². The molecule has 0 saturated carbocycles. The molecule has 0 radical (unpaired) electrons. The zero-order valence-electron chi connectivity index (χ0n) is 53.0. The first-order valence-corrected chi connectivity index (χ1v) is 30.0. The second-order valence-electron chi connectivity index (χ2n) is 21.7. The Labute approximate surface area is 546 Å². The van der Waals surface area contributed by atoms with E-state index in [1.165, 1.54) is 6.92 Å².